The van der Waals surface area contributed by atoms with Crippen molar-refractivity contribution < 1.29 is 0 Å². The lowest BCUT2D eigenvalue weighted by atomic mass is 10.2. The molecular formula is C11H22N2. The van der Waals surface area contributed by atoms with Crippen LogP contribution >= 0.6 is 0 Å². The molecule has 0 bridgehead atoms. The Kier molecular flexibility index (Phi) is 3.79. The summed E-state index contributed by atoms with van der Waals surface area (Å²) in [6.45, 7) is 12.4. The van der Waals surface area contributed by atoms with Gasteiger partial charge in [0.2, 0.25) is 0 Å². The Labute approximate surface area is 82.0 Å². The van der Waals surface area contributed by atoms with Crippen molar-refractivity contribution in [1.82, 2.24) is 10.2 Å². The molecule has 0 radical (unpaired) electrons. The van der Waals surface area contributed by atoms with Gasteiger partial charge in [-0.15, -0.1) is 0 Å². The van der Waals surface area contributed by atoms with Crippen molar-refractivity contribution in [3.63, 3.8) is 0 Å². The first kappa shape index (κ1) is 10.6. The summed E-state index contributed by atoms with van der Waals surface area (Å²) in [5.74, 6) is 0. The van der Waals surface area contributed by atoms with E-state index in [2.05, 4.69) is 37.9 Å². The van der Waals surface area contributed by atoms with Crippen molar-refractivity contribution in [3.8, 4) is 0 Å². The zero-order valence-corrected chi connectivity index (χ0v) is 9.35. The Bertz CT molecular complexity index is 190. The lowest BCUT2D eigenvalue weighted by molar-refractivity contribution is 0.286. The topological polar surface area (TPSA) is 15.3 Å². The standard InChI is InChI=1S/C11H22N2/c1-9(2)11-8-12-6-5-7-13(11)10(3)4/h10,12H,5-8H2,1-4H3. The van der Waals surface area contributed by atoms with Crippen molar-refractivity contribution in [1.29, 1.82) is 0 Å². The number of rotatable bonds is 1. The largest absolute Gasteiger partial charge is 0.371 e. The number of nitrogens with zero attached hydrogens (tertiary/aromatic N) is 1. The van der Waals surface area contributed by atoms with Gasteiger partial charge >= 0.3 is 0 Å². The van der Waals surface area contributed by atoms with E-state index in [9.17, 15) is 0 Å². The van der Waals surface area contributed by atoms with Crippen LogP contribution in [0.4, 0.5) is 0 Å². The van der Waals surface area contributed by atoms with E-state index in [0.717, 1.165) is 13.1 Å². The van der Waals surface area contributed by atoms with Crippen LogP contribution in [0.2, 0.25) is 0 Å². The second kappa shape index (κ2) is 4.66. The van der Waals surface area contributed by atoms with E-state index in [1.807, 2.05) is 0 Å². The van der Waals surface area contributed by atoms with Gasteiger partial charge in [-0.3, -0.25) is 0 Å². The highest BCUT2D eigenvalue weighted by Crippen LogP contribution is 2.15. The van der Waals surface area contributed by atoms with E-state index in [0.29, 0.717) is 6.04 Å². The first-order valence-corrected chi connectivity index (χ1v) is 5.26. The van der Waals surface area contributed by atoms with Crippen LogP contribution < -0.4 is 5.32 Å². The van der Waals surface area contributed by atoms with Crippen LogP contribution in [0, 0.1) is 0 Å². The minimum absolute atomic E-state index is 0.629. The molecule has 1 rings (SSSR count). The molecule has 0 aliphatic carbocycles. The molecule has 2 nitrogen and oxygen atoms in total. The van der Waals surface area contributed by atoms with Crippen LogP contribution in [0.3, 0.4) is 0 Å². The second-order valence-electron chi connectivity index (χ2n) is 4.26. The summed E-state index contributed by atoms with van der Waals surface area (Å²) in [5, 5.41) is 3.46. The Morgan fingerprint density at radius 3 is 2.62 bits per heavy atom. The molecule has 0 aromatic carbocycles. The molecular weight excluding hydrogens is 160 g/mol. The minimum atomic E-state index is 0.629. The van der Waals surface area contributed by atoms with Crippen molar-refractivity contribution >= 4 is 0 Å². The van der Waals surface area contributed by atoms with Crippen LogP contribution in [-0.2, 0) is 0 Å². The summed E-state index contributed by atoms with van der Waals surface area (Å²) in [4.78, 5) is 2.52. The smallest absolute Gasteiger partial charge is 0.0355 e. The number of nitrogens with one attached hydrogen (secondary N) is 1. The molecule has 1 aliphatic heterocycles. The first-order valence-electron chi connectivity index (χ1n) is 5.26. The molecule has 0 aromatic heterocycles. The molecule has 0 spiro atoms. The summed E-state index contributed by atoms with van der Waals surface area (Å²) in [7, 11) is 0. The Morgan fingerprint density at radius 1 is 1.38 bits per heavy atom. The molecule has 0 saturated carbocycles. The van der Waals surface area contributed by atoms with Gasteiger partial charge < -0.3 is 10.2 Å². The maximum absolute atomic E-state index is 3.46. The molecule has 1 saturated heterocycles. The van der Waals surface area contributed by atoms with Gasteiger partial charge in [-0.05, 0) is 40.7 Å². The fraction of sp³-hybridized carbons (Fsp3) is 0.818. The Balaban J connectivity index is 2.80. The number of hydrogen-bond donors (Lipinski definition) is 1. The zero-order valence-electron chi connectivity index (χ0n) is 9.35. The average molecular weight is 182 g/mol. The normalized spacial score (nSPS) is 19.2. The van der Waals surface area contributed by atoms with Crippen LogP contribution in [0.15, 0.2) is 11.3 Å². The summed E-state index contributed by atoms with van der Waals surface area (Å²) >= 11 is 0. The highest BCUT2D eigenvalue weighted by Gasteiger charge is 2.16. The molecule has 0 aromatic rings. The van der Waals surface area contributed by atoms with Crippen molar-refractivity contribution in [2.24, 2.45) is 0 Å². The van der Waals surface area contributed by atoms with Crippen molar-refractivity contribution in [2.75, 3.05) is 19.6 Å². The highest BCUT2D eigenvalue weighted by molar-refractivity contribution is 5.12. The second-order valence-corrected chi connectivity index (χ2v) is 4.26. The third-order valence-electron chi connectivity index (χ3n) is 2.59. The first-order chi connectivity index (χ1) is 6.13. The van der Waals surface area contributed by atoms with E-state index >= 15 is 0 Å². The highest BCUT2D eigenvalue weighted by atomic mass is 15.2. The van der Waals surface area contributed by atoms with Gasteiger partial charge in [0, 0.05) is 24.8 Å². The molecule has 2 heteroatoms. The van der Waals surface area contributed by atoms with Gasteiger partial charge in [0.15, 0.2) is 0 Å². The SMILES string of the molecule is CC(C)=C1CNCCCN1C(C)C. The van der Waals surface area contributed by atoms with Crippen LogP contribution in [0.1, 0.15) is 34.1 Å². The zero-order chi connectivity index (χ0) is 9.84. The van der Waals surface area contributed by atoms with Gasteiger partial charge in [-0.25, -0.2) is 0 Å². The molecule has 1 N–H and O–H groups in total. The van der Waals surface area contributed by atoms with Crippen molar-refractivity contribution in [3.05, 3.63) is 11.3 Å². The van der Waals surface area contributed by atoms with Crippen LogP contribution in [0.25, 0.3) is 0 Å². The lowest BCUT2D eigenvalue weighted by Crippen LogP contribution is -2.32. The number of allylic oxidation sites excluding steroid dienone is 1. The maximum Gasteiger partial charge on any atom is 0.0355 e. The quantitative estimate of drug-likeness (QED) is 0.667. The van der Waals surface area contributed by atoms with Crippen LogP contribution in [-0.4, -0.2) is 30.6 Å². The van der Waals surface area contributed by atoms with E-state index in [1.54, 1.807) is 0 Å². The van der Waals surface area contributed by atoms with Gasteiger partial charge in [0.1, 0.15) is 0 Å². The average Bonchev–Trinajstić information content (AvgIpc) is 2.27. The van der Waals surface area contributed by atoms with Crippen LogP contribution in [0.5, 0.6) is 0 Å². The monoisotopic (exact) mass is 182 g/mol. The van der Waals surface area contributed by atoms with Gasteiger partial charge in [0.05, 0.1) is 0 Å². The van der Waals surface area contributed by atoms with Gasteiger partial charge in [0.25, 0.3) is 0 Å². The maximum atomic E-state index is 3.46. The molecule has 13 heavy (non-hydrogen) atoms. The van der Waals surface area contributed by atoms with Crippen molar-refractivity contribution in [2.45, 2.75) is 40.2 Å². The fourth-order valence-electron chi connectivity index (χ4n) is 1.85. The molecule has 1 aliphatic rings. The number of hydrogen-bond acceptors (Lipinski definition) is 2. The molecule has 0 unspecified atom stereocenters. The third-order valence-corrected chi connectivity index (χ3v) is 2.59. The summed E-state index contributed by atoms with van der Waals surface area (Å²) in [6, 6.07) is 0.629. The molecule has 1 fully saturated rings. The van der Waals surface area contributed by atoms with Gasteiger partial charge in [-0.2, -0.15) is 0 Å². The van der Waals surface area contributed by atoms with Gasteiger partial charge in [-0.1, -0.05) is 5.57 Å². The predicted molar refractivity (Wildman–Crippen MR) is 57.7 cm³/mol. The Morgan fingerprint density at radius 2 is 2.08 bits per heavy atom. The summed E-state index contributed by atoms with van der Waals surface area (Å²) in [5.41, 5.74) is 2.94. The Hall–Kier alpha value is -0.500. The van der Waals surface area contributed by atoms with E-state index < -0.39 is 0 Å². The van der Waals surface area contributed by atoms with E-state index in [1.165, 1.54) is 24.2 Å². The van der Waals surface area contributed by atoms with E-state index in [4.69, 9.17) is 0 Å². The third kappa shape index (κ3) is 2.73. The molecule has 0 amide bonds. The molecule has 1 heterocycles. The summed E-state index contributed by atoms with van der Waals surface area (Å²) < 4.78 is 0. The predicted octanol–water partition coefficient (Wildman–Crippen LogP) is 1.98. The summed E-state index contributed by atoms with van der Waals surface area (Å²) in [6.07, 6.45) is 1.26. The van der Waals surface area contributed by atoms with E-state index in [-0.39, 0.29) is 0 Å². The minimum Gasteiger partial charge on any atom is -0.371 e. The fourth-order valence-corrected chi connectivity index (χ4v) is 1.85. The molecule has 0 atom stereocenters. The molecule has 76 valence electrons. The lowest BCUT2D eigenvalue weighted by Gasteiger charge is -2.30.